The van der Waals surface area contributed by atoms with E-state index in [1.54, 1.807) is 43.3 Å². The van der Waals surface area contributed by atoms with Crippen LogP contribution >= 0.6 is 11.6 Å². The van der Waals surface area contributed by atoms with Crippen LogP contribution in [0.15, 0.2) is 53.4 Å². The summed E-state index contributed by atoms with van der Waals surface area (Å²) in [4.78, 5) is 13.9. The maximum Gasteiger partial charge on any atom is 0.266 e. The third-order valence-electron chi connectivity index (χ3n) is 2.81. The minimum absolute atomic E-state index is 0.0788. The largest absolute Gasteiger partial charge is 0.273 e. The molecule has 5 nitrogen and oxygen atoms in total. The molecule has 2 aromatic rings. The third-order valence-corrected chi connectivity index (χ3v) is 4.56. The fourth-order valence-electron chi connectivity index (χ4n) is 1.73. The second-order valence-corrected chi connectivity index (χ2v) is 6.36. The Balaban J connectivity index is 2.15. The standard InChI is InChI=1S/C14H13ClN2O3S/c1-10-6-2-3-7-11(10)14(18)16-17-21(19,20)13-9-5-4-8-12(13)15/h2-9,17H,1H3,(H,16,18). The molecular formula is C14H13ClN2O3S. The number of halogens is 1. The van der Waals surface area contributed by atoms with Crippen LogP contribution in [-0.2, 0) is 10.0 Å². The van der Waals surface area contributed by atoms with Crippen molar-refractivity contribution < 1.29 is 13.2 Å². The Morgan fingerprint density at radius 3 is 2.33 bits per heavy atom. The Morgan fingerprint density at radius 1 is 1.05 bits per heavy atom. The molecular weight excluding hydrogens is 312 g/mol. The van der Waals surface area contributed by atoms with Crippen LogP contribution in [0.2, 0.25) is 5.02 Å². The monoisotopic (exact) mass is 324 g/mol. The number of hydrogen-bond acceptors (Lipinski definition) is 3. The van der Waals surface area contributed by atoms with Crippen molar-refractivity contribution in [2.75, 3.05) is 0 Å². The van der Waals surface area contributed by atoms with Gasteiger partial charge in [-0.15, -0.1) is 4.83 Å². The summed E-state index contributed by atoms with van der Waals surface area (Å²) in [7, 11) is -3.92. The van der Waals surface area contributed by atoms with Gasteiger partial charge in [0.1, 0.15) is 4.90 Å². The van der Waals surface area contributed by atoms with Crippen molar-refractivity contribution in [3.05, 3.63) is 64.7 Å². The summed E-state index contributed by atoms with van der Waals surface area (Å²) in [5.41, 5.74) is 3.30. The highest BCUT2D eigenvalue weighted by atomic mass is 35.5. The molecule has 0 saturated heterocycles. The van der Waals surface area contributed by atoms with Crippen molar-refractivity contribution in [2.24, 2.45) is 0 Å². The van der Waals surface area contributed by atoms with E-state index in [0.717, 1.165) is 5.56 Å². The summed E-state index contributed by atoms with van der Waals surface area (Å²) in [6, 6.07) is 12.8. The molecule has 0 aliphatic carbocycles. The van der Waals surface area contributed by atoms with E-state index in [9.17, 15) is 13.2 Å². The summed E-state index contributed by atoms with van der Waals surface area (Å²) < 4.78 is 24.1. The van der Waals surface area contributed by atoms with Crippen LogP contribution in [0.4, 0.5) is 0 Å². The van der Waals surface area contributed by atoms with Crippen LogP contribution in [0.25, 0.3) is 0 Å². The van der Waals surface area contributed by atoms with E-state index in [-0.39, 0.29) is 9.92 Å². The molecule has 2 aromatic carbocycles. The minimum Gasteiger partial charge on any atom is -0.273 e. The van der Waals surface area contributed by atoms with E-state index >= 15 is 0 Å². The van der Waals surface area contributed by atoms with E-state index in [0.29, 0.717) is 5.56 Å². The first-order valence-corrected chi connectivity index (χ1v) is 7.90. The summed E-state index contributed by atoms with van der Waals surface area (Å²) in [5.74, 6) is -0.538. The number of benzene rings is 2. The molecule has 0 aromatic heterocycles. The molecule has 0 bridgehead atoms. The number of amides is 1. The summed E-state index contributed by atoms with van der Waals surface area (Å²) in [6.45, 7) is 1.76. The molecule has 1 amide bonds. The Bertz CT molecular complexity index is 775. The van der Waals surface area contributed by atoms with Gasteiger partial charge >= 0.3 is 0 Å². The zero-order valence-electron chi connectivity index (χ0n) is 11.1. The number of rotatable bonds is 4. The molecule has 7 heteroatoms. The van der Waals surface area contributed by atoms with Crippen LogP contribution in [0.1, 0.15) is 15.9 Å². The normalized spacial score (nSPS) is 11.1. The van der Waals surface area contributed by atoms with Gasteiger partial charge in [0.2, 0.25) is 0 Å². The molecule has 0 radical (unpaired) electrons. The van der Waals surface area contributed by atoms with E-state index in [2.05, 4.69) is 5.43 Å². The van der Waals surface area contributed by atoms with Crippen molar-refractivity contribution in [2.45, 2.75) is 11.8 Å². The molecule has 0 aliphatic rings. The molecule has 2 N–H and O–H groups in total. The van der Waals surface area contributed by atoms with Gasteiger partial charge in [-0.3, -0.25) is 10.2 Å². The third kappa shape index (κ3) is 3.60. The van der Waals surface area contributed by atoms with Crippen LogP contribution in [0.5, 0.6) is 0 Å². The predicted octanol–water partition coefficient (Wildman–Crippen LogP) is 2.27. The average Bonchev–Trinajstić information content (AvgIpc) is 2.45. The van der Waals surface area contributed by atoms with E-state index in [1.165, 1.54) is 12.1 Å². The fraction of sp³-hybridized carbons (Fsp3) is 0.0714. The quantitative estimate of drug-likeness (QED) is 0.847. The lowest BCUT2D eigenvalue weighted by Gasteiger charge is -2.10. The van der Waals surface area contributed by atoms with Gasteiger partial charge in [-0.05, 0) is 30.7 Å². The van der Waals surface area contributed by atoms with Gasteiger partial charge in [-0.2, -0.15) is 0 Å². The lowest BCUT2D eigenvalue weighted by molar-refractivity contribution is 0.0944. The molecule has 0 atom stereocenters. The molecule has 0 aliphatic heterocycles. The van der Waals surface area contributed by atoms with Crippen LogP contribution < -0.4 is 10.3 Å². The number of sulfonamides is 1. The number of carbonyl (C=O) groups is 1. The van der Waals surface area contributed by atoms with Gasteiger partial charge in [0.05, 0.1) is 5.02 Å². The fourth-order valence-corrected chi connectivity index (χ4v) is 3.09. The van der Waals surface area contributed by atoms with Gasteiger partial charge in [0.25, 0.3) is 15.9 Å². The zero-order chi connectivity index (χ0) is 15.5. The zero-order valence-corrected chi connectivity index (χ0v) is 12.7. The van der Waals surface area contributed by atoms with E-state index in [1.807, 2.05) is 4.83 Å². The second-order valence-electron chi connectivity index (χ2n) is 4.30. The molecule has 0 unspecified atom stereocenters. The van der Waals surface area contributed by atoms with Crippen molar-refractivity contribution >= 4 is 27.5 Å². The van der Waals surface area contributed by atoms with Gasteiger partial charge < -0.3 is 0 Å². The summed E-state index contributed by atoms with van der Waals surface area (Å²) >= 11 is 5.83. The number of nitrogens with one attached hydrogen (secondary N) is 2. The lowest BCUT2D eigenvalue weighted by Crippen LogP contribution is -2.41. The highest BCUT2D eigenvalue weighted by Crippen LogP contribution is 2.19. The number of hydrogen-bond donors (Lipinski definition) is 2. The first kappa shape index (κ1) is 15.5. The van der Waals surface area contributed by atoms with Gasteiger partial charge in [0, 0.05) is 5.56 Å². The van der Waals surface area contributed by atoms with E-state index < -0.39 is 15.9 Å². The maximum absolute atomic E-state index is 12.1. The van der Waals surface area contributed by atoms with Crippen molar-refractivity contribution in [3.8, 4) is 0 Å². The Morgan fingerprint density at radius 2 is 1.67 bits per heavy atom. The molecule has 110 valence electrons. The number of hydrazine groups is 1. The van der Waals surface area contributed by atoms with Crippen molar-refractivity contribution in [1.82, 2.24) is 10.3 Å². The van der Waals surface area contributed by atoms with Crippen LogP contribution in [0.3, 0.4) is 0 Å². The Hall–Kier alpha value is -1.89. The maximum atomic E-state index is 12.1. The van der Waals surface area contributed by atoms with Gasteiger partial charge in [-0.1, -0.05) is 41.9 Å². The summed E-state index contributed by atoms with van der Waals surface area (Å²) in [5, 5.41) is 0.0788. The Kier molecular flexibility index (Phi) is 4.62. The van der Waals surface area contributed by atoms with Crippen molar-refractivity contribution in [1.29, 1.82) is 0 Å². The molecule has 0 fully saturated rings. The second kappa shape index (κ2) is 6.26. The first-order chi connectivity index (χ1) is 9.92. The van der Waals surface area contributed by atoms with Crippen LogP contribution in [0, 0.1) is 6.92 Å². The van der Waals surface area contributed by atoms with Gasteiger partial charge in [0.15, 0.2) is 0 Å². The molecule has 0 heterocycles. The minimum atomic E-state index is -3.92. The van der Waals surface area contributed by atoms with Crippen LogP contribution in [-0.4, -0.2) is 14.3 Å². The molecule has 0 spiro atoms. The molecule has 0 saturated carbocycles. The smallest absolute Gasteiger partial charge is 0.266 e. The predicted molar refractivity (Wildman–Crippen MR) is 80.4 cm³/mol. The SMILES string of the molecule is Cc1ccccc1C(=O)NNS(=O)(=O)c1ccccc1Cl. The van der Waals surface area contributed by atoms with Gasteiger partial charge in [-0.25, -0.2) is 8.42 Å². The molecule has 21 heavy (non-hydrogen) atoms. The van der Waals surface area contributed by atoms with E-state index in [4.69, 9.17) is 11.6 Å². The average molecular weight is 325 g/mol. The lowest BCUT2D eigenvalue weighted by atomic mass is 10.1. The Labute approximate surface area is 128 Å². The number of aryl methyl sites for hydroxylation is 1. The highest BCUT2D eigenvalue weighted by molar-refractivity contribution is 7.89. The number of carbonyl (C=O) groups excluding carboxylic acids is 1. The molecule has 2 rings (SSSR count). The topological polar surface area (TPSA) is 75.3 Å². The van der Waals surface area contributed by atoms with Crippen molar-refractivity contribution in [3.63, 3.8) is 0 Å². The highest BCUT2D eigenvalue weighted by Gasteiger charge is 2.18. The first-order valence-electron chi connectivity index (χ1n) is 6.04. The summed E-state index contributed by atoms with van der Waals surface area (Å²) in [6.07, 6.45) is 0.